The van der Waals surface area contributed by atoms with Gasteiger partial charge in [-0.3, -0.25) is 14.9 Å². The van der Waals surface area contributed by atoms with E-state index < -0.39 is 34.3 Å². The van der Waals surface area contributed by atoms with Gasteiger partial charge in [-0.2, -0.15) is 13.2 Å². The molecule has 1 unspecified atom stereocenters. The number of rotatable bonds is 5. The SMILES string of the molecule is CCNC(=O)C(C)Nc1ccc([N+](=O)[O-])cc1C(F)(F)F. The van der Waals surface area contributed by atoms with Gasteiger partial charge in [0.15, 0.2) is 0 Å². The van der Waals surface area contributed by atoms with Gasteiger partial charge in [0.25, 0.3) is 5.69 Å². The lowest BCUT2D eigenvalue weighted by molar-refractivity contribution is -0.385. The van der Waals surface area contributed by atoms with Gasteiger partial charge < -0.3 is 10.6 Å². The van der Waals surface area contributed by atoms with E-state index in [1.54, 1.807) is 6.92 Å². The van der Waals surface area contributed by atoms with E-state index in [4.69, 9.17) is 0 Å². The minimum Gasteiger partial charge on any atom is -0.373 e. The van der Waals surface area contributed by atoms with E-state index >= 15 is 0 Å². The van der Waals surface area contributed by atoms with Crippen LogP contribution in [0.2, 0.25) is 0 Å². The van der Waals surface area contributed by atoms with Crippen LogP contribution in [0.4, 0.5) is 24.5 Å². The molecule has 0 aromatic heterocycles. The van der Waals surface area contributed by atoms with Crippen LogP contribution in [0.3, 0.4) is 0 Å². The normalized spacial score (nSPS) is 12.6. The molecule has 9 heteroatoms. The van der Waals surface area contributed by atoms with Crippen LogP contribution in [0.15, 0.2) is 18.2 Å². The van der Waals surface area contributed by atoms with Crippen molar-refractivity contribution in [3.63, 3.8) is 0 Å². The zero-order valence-corrected chi connectivity index (χ0v) is 11.3. The molecule has 1 aromatic carbocycles. The summed E-state index contributed by atoms with van der Waals surface area (Å²) in [4.78, 5) is 21.2. The van der Waals surface area contributed by atoms with Gasteiger partial charge >= 0.3 is 6.18 Å². The molecule has 1 amide bonds. The fraction of sp³-hybridized carbons (Fsp3) is 0.417. The molecular weight excluding hydrogens is 291 g/mol. The molecule has 0 aliphatic rings. The number of anilines is 1. The van der Waals surface area contributed by atoms with Crippen LogP contribution >= 0.6 is 0 Å². The predicted octanol–water partition coefficient (Wildman–Crippen LogP) is 2.55. The number of benzene rings is 1. The van der Waals surface area contributed by atoms with Gasteiger partial charge in [-0.15, -0.1) is 0 Å². The fourth-order valence-electron chi connectivity index (χ4n) is 1.63. The number of nitro benzene ring substituents is 1. The molecule has 0 saturated carbocycles. The summed E-state index contributed by atoms with van der Waals surface area (Å²) in [5, 5.41) is 15.4. The van der Waals surface area contributed by atoms with Gasteiger partial charge in [0, 0.05) is 24.4 Å². The zero-order chi connectivity index (χ0) is 16.2. The summed E-state index contributed by atoms with van der Waals surface area (Å²) >= 11 is 0. The molecule has 0 heterocycles. The number of nitrogens with one attached hydrogen (secondary N) is 2. The van der Waals surface area contributed by atoms with Crippen LogP contribution in [0.5, 0.6) is 0 Å². The second kappa shape index (κ2) is 6.42. The molecule has 0 aliphatic carbocycles. The lowest BCUT2D eigenvalue weighted by Crippen LogP contribution is -2.37. The summed E-state index contributed by atoms with van der Waals surface area (Å²) in [5.74, 6) is -0.469. The first-order valence-corrected chi connectivity index (χ1v) is 6.06. The summed E-state index contributed by atoms with van der Waals surface area (Å²) in [5.41, 5.74) is -2.24. The molecule has 2 N–H and O–H groups in total. The van der Waals surface area contributed by atoms with Crippen molar-refractivity contribution in [2.45, 2.75) is 26.1 Å². The third kappa shape index (κ3) is 4.33. The van der Waals surface area contributed by atoms with Crippen LogP contribution in [-0.4, -0.2) is 23.4 Å². The molecule has 0 spiro atoms. The second-order valence-electron chi connectivity index (χ2n) is 4.25. The van der Waals surface area contributed by atoms with Crippen LogP contribution in [-0.2, 0) is 11.0 Å². The highest BCUT2D eigenvalue weighted by Gasteiger charge is 2.35. The van der Waals surface area contributed by atoms with E-state index in [2.05, 4.69) is 10.6 Å². The maximum atomic E-state index is 12.9. The van der Waals surface area contributed by atoms with Crippen molar-refractivity contribution in [3.8, 4) is 0 Å². The van der Waals surface area contributed by atoms with Gasteiger partial charge in [0.05, 0.1) is 10.5 Å². The number of carbonyl (C=O) groups is 1. The van der Waals surface area contributed by atoms with Crippen molar-refractivity contribution in [1.82, 2.24) is 5.32 Å². The molecule has 21 heavy (non-hydrogen) atoms. The zero-order valence-electron chi connectivity index (χ0n) is 11.3. The highest BCUT2D eigenvalue weighted by Crippen LogP contribution is 2.37. The van der Waals surface area contributed by atoms with E-state index in [0.717, 1.165) is 12.1 Å². The molecule has 0 saturated heterocycles. The number of hydrogen-bond acceptors (Lipinski definition) is 4. The third-order valence-corrected chi connectivity index (χ3v) is 2.64. The average Bonchev–Trinajstić information content (AvgIpc) is 2.37. The predicted molar refractivity (Wildman–Crippen MR) is 69.9 cm³/mol. The lowest BCUT2D eigenvalue weighted by atomic mass is 10.1. The van der Waals surface area contributed by atoms with Crippen molar-refractivity contribution < 1.29 is 22.9 Å². The maximum absolute atomic E-state index is 12.9. The monoisotopic (exact) mass is 305 g/mol. The standard InChI is InChI=1S/C12H14F3N3O3/c1-3-16-11(19)7(2)17-10-5-4-8(18(20)21)6-9(10)12(13,14)15/h4-7,17H,3H2,1-2H3,(H,16,19). The van der Waals surface area contributed by atoms with Crippen LogP contribution < -0.4 is 10.6 Å². The van der Waals surface area contributed by atoms with E-state index in [-0.39, 0.29) is 5.69 Å². The number of nitro groups is 1. The largest absolute Gasteiger partial charge is 0.418 e. The molecular formula is C12H14F3N3O3. The third-order valence-electron chi connectivity index (χ3n) is 2.64. The Morgan fingerprint density at radius 1 is 1.43 bits per heavy atom. The van der Waals surface area contributed by atoms with Gasteiger partial charge in [-0.05, 0) is 19.9 Å². The van der Waals surface area contributed by atoms with E-state index in [0.29, 0.717) is 12.6 Å². The van der Waals surface area contributed by atoms with Crippen LogP contribution in [0, 0.1) is 10.1 Å². The molecule has 0 bridgehead atoms. The quantitative estimate of drug-likeness (QED) is 0.647. The number of nitrogens with zero attached hydrogens (tertiary/aromatic N) is 1. The number of halogens is 3. The van der Waals surface area contributed by atoms with Crippen molar-refractivity contribution in [2.75, 3.05) is 11.9 Å². The number of amides is 1. The Balaban J connectivity index is 3.12. The molecule has 1 rings (SSSR count). The smallest absolute Gasteiger partial charge is 0.373 e. The van der Waals surface area contributed by atoms with Crippen molar-refractivity contribution in [3.05, 3.63) is 33.9 Å². The first-order valence-electron chi connectivity index (χ1n) is 6.06. The Bertz CT molecular complexity index is 546. The number of non-ortho nitro benzene ring substituents is 1. The number of hydrogen-bond donors (Lipinski definition) is 2. The average molecular weight is 305 g/mol. The first-order chi connectivity index (χ1) is 9.66. The first kappa shape index (κ1) is 16.7. The molecule has 1 atom stereocenters. The van der Waals surface area contributed by atoms with E-state index in [1.165, 1.54) is 6.92 Å². The van der Waals surface area contributed by atoms with Crippen LogP contribution in [0.25, 0.3) is 0 Å². The summed E-state index contributed by atoms with van der Waals surface area (Å²) < 4.78 is 38.8. The fourth-order valence-corrected chi connectivity index (χ4v) is 1.63. The van der Waals surface area contributed by atoms with Crippen LogP contribution in [0.1, 0.15) is 19.4 Å². The minimum absolute atomic E-state index is 0.344. The Kier molecular flexibility index (Phi) is 5.12. The minimum atomic E-state index is -4.77. The topological polar surface area (TPSA) is 84.3 Å². The van der Waals surface area contributed by atoms with E-state index in [9.17, 15) is 28.1 Å². The molecule has 0 fully saturated rings. The number of likely N-dealkylation sites (N-methyl/N-ethyl adjacent to an activating group) is 1. The van der Waals surface area contributed by atoms with Crippen molar-refractivity contribution >= 4 is 17.3 Å². The van der Waals surface area contributed by atoms with Crippen molar-refractivity contribution in [1.29, 1.82) is 0 Å². The Morgan fingerprint density at radius 3 is 2.52 bits per heavy atom. The summed E-state index contributed by atoms with van der Waals surface area (Å²) in [7, 11) is 0. The Labute approximate surface area is 118 Å². The lowest BCUT2D eigenvalue weighted by Gasteiger charge is -2.18. The molecule has 0 aliphatic heterocycles. The molecule has 6 nitrogen and oxygen atoms in total. The Hall–Kier alpha value is -2.32. The van der Waals surface area contributed by atoms with Gasteiger partial charge in [-0.25, -0.2) is 0 Å². The number of carbonyl (C=O) groups excluding carboxylic acids is 1. The highest BCUT2D eigenvalue weighted by molar-refractivity contribution is 5.84. The second-order valence-corrected chi connectivity index (χ2v) is 4.25. The van der Waals surface area contributed by atoms with Gasteiger partial charge in [0.2, 0.25) is 5.91 Å². The maximum Gasteiger partial charge on any atom is 0.418 e. The van der Waals surface area contributed by atoms with Gasteiger partial charge in [-0.1, -0.05) is 0 Å². The Morgan fingerprint density at radius 2 is 2.05 bits per heavy atom. The number of alkyl halides is 3. The van der Waals surface area contributed by atoms with Crippen molar-refractivity contribution in [2.24, 2.45) is 0 Å². The van der Waals surface area contributed by atoms with Gasteiger partial charge in [0.1, 0.15) is 6.04 Å². The van der Waals surface area contributed by atoms with E-state index in [1.807, 2.05) is 0 Å². The summed E-state index contributed by atoms with van der Waals surface area (Å²) in [6.07, 6.45) is -4.77. The summed E-state index contributed by atoms with van der Waals surface area (Å²) in [6.45, 7) is 3.42. The highest BCUT2D eigenvalue weighted by atomic mass is 19.4. The molecule has 1 aromatic rings. The summed E-state index contributed by atoms with van der Waals surface area (Å²) in [6, 6.07) is 1.42. The molecule has 116 valence electrons. The molecule has 0 radical (unpaired) electrons.